The van der Waals surface area contributed by atoms with Crippen molar-refractivity contribution in [3.05, 3.63) is 63.5 Å². The first-order valence-corrected chi connectivity index (χ1v) is 7.03. The molecule has 7 nitrogen and oxygen atoms in total. The van der Waals surface area contributed by atoms with Gasteiger partial charge in [0.2, 0.25) is 0 Å². The number of hydrogen-bond donors (Lipinski definition) is 2. The Morgan fingerprint density at radius 1 is 1.30 bits per heavy atom. The lowest BCUT2D eigenvalue weighted by Gasteiger charge is -2.05. The van der Waals surface area contributed by atoms with Gasteiger partial charge in [0.15, 0.2) is 0 Å². The van der Waals surface area contributed by atoms with Gasteiger partial charge in [-0.05, 0) is 38.1 Å². The second-order valence-electron chi connectivity index (χ2n) is 5.08. The number of carbonyl (C=O) groups excluding carboxylic acids is 1. The number of furan rings is 1. The Labute approximate surface area is 131 Å². The SMILES string of the molecule is Cc1noc(C)c1CNC(=O)c1ccc(-c2ccco2)[nH]c1=O. The van der Waals surface area contributed by atoms with Gasteiger partial charge in [0.1, 0.15) is 17.1 Å². The Morgan fingerprint density at radius 3 is 2.74 bits per heavy atom. The molecule has 0 aliphatic carbocycles. The van der Waals surface area contributed by atoms with Gasteiger partial charge in [-0.2, -0.15) is 0 Å². The number of aromatic nitrogens is 2. The van der Waals surface area contributed by atoms with Gasteiger partial charge in [-0.25, -0.2) is 0 Å². The fraction of sp³-hybridized carbons (Fsp3) is 0.188. The third kappa shape index (κ3) is 2.94. The van der Waals surface area contributed by atoms with Crippen molar-refractivity contribution >= 4 is 5.91 Å². The van der Waals surface area contributed by atoms with E-state index in [4.69, 9.17) is 8.94 Å². The van der Waals surface area contributed by atoms with Gasteiger partial charge in [-0.3, -0.25) is 9.59 Å². The predicted octanol–water partition coefficient (Wildman–Crippen LogP) is 2.17. The summed E-state index contributed by atoms with van der Waals surface area (Å²) < 4.78 is 10.2. The van der Waals surface area contributed by atoms with E-state index in [1.165, 1.54) is 12.3 Å². The van der Waals surface area contributed by atoms with E-state index in [0.717, 1.165) is 5.56 Å². The van der Waals surface area contributed by atoms with Gasteiger partial charge in [0.25, 0.3) is 11.5 Å². The first-order valence-electron chi connectivity index (χ1n) is 7.03. The summed E-state index contributed by atoms with van der Waals surface area (Å²) in [6, 6.07) is 6.55. The number of nitrogens with zero attached hydrogens (tertiary/aromatic N) is 1. The molecule has 0 aliphatic rings. The Kier molecular flexibility index (Phi) is 3.84. The molecule has 3 aromatic heterocycles. The highest BCUT2D eigenvalue weighted by Crippen LogP contribution is 2.16. The van der Waals surface area contributed by atoms with Crippen molar-refractivity contribution in [2.75, 3.05) is 0 Å². The van der Waals surface area contributed by atoms with Crippen LogP contribution in [0.15, 0.2) is 44.3 Å². The largest absolute Gasteiger partial charge is 0.463 e. The van der Waals surface area contributed by atoms with Crippen molar-refractivity contribution in [1.82, 2.24) is 15.5 Å². The number of H-pyrrole nitrogens is 1. The molecule has 23 heavy (non-hydrogen) atoms. The average Bonchev–Trinajstić information content (AvgIpc) is 3.16. The summed E-state index contributed by atoms with van der Waals surface area (Å²) in [5.41, 5.74) is 1.59. The molecule has 0 saturated carbocycles. The molecular weight excluding hydrogens is 298 g/mol. The lowest BCUT2D eigenvalue weighted by Crippen LogP contribution is -2.29. The number of aryl methyl sites for hydroxylation is 2. The maximum absolute atomic E-state index is 12.2. The summed E-state index contributed by atoms with van der Waals surface area (Å²) in [5.74, 6) is 0.715. The van der Waals surface area contributed by atoms with Gasteiger partial charge in [-0.15, -0.1) is 0 Å². The van der Waals surface area contributed by atoms with Crippen LogP contribution in [0, 0.1) is 13.8 Å². The summed E-state index contributed by atoms with van der Waals surface area (Å²) in [6.45, 7) is 3.81. The summed E-state index contributed by atoms with van der Waals surface area (Å²) in [5, 5.41) is 6.52. The first kappa shape index (κ1) is 14.8. The highest BCUT2D eigenvalue weighted by molar-refractivity contribution is 5.94. The summed E-state index contributed by atoms with van der Waals surface area (Å²) in [7, 11) is 0. The molecule has 0 aromatic carbocycles. The molecule has 3 aromatic rings. The summed E-state index contributed by atoms with van der Waals surface area (Å²) >= 11 is 0. The molecule has 0 saturated heterocycles. The zero-order valence-electron chi connectivity index (χ0n) is 12.7. The van der Waals surface area contributed by atoms with Gasteiger partial charge in [-0.1, -0.05) is 5.16 Å². The first-order chi connectivity index (χ1) is 11.1. The zero-order valence-corrected chi connectivity index (χ0v) is 12.7. The topological polar surface area (TPSA) is 101 Å². The molecule has 0 spiro atoms. The standard InChI is InChI=1S/C16H15N3O4/c1-9-12(10(2)23-19-9)8-17-15(20)11-5-6-13(18-16(11)21)14-4-3-7-22-14/h3-7H,8H2,1-2H3,(H,17,20)(H,18,21). The highest BCUT2D eigenvalue weighted by Gasteiger charge is 2.14. The van der Waals surface area contributed by atoms with Crippen LogP contribution in [0.5, 0.6) is 0 Å². The Bertz CT molecular complexity index is 871. The predicted molar refractivity (Wildman–Crippen MR) is 81.9 cm³/mol. The van der Waals surface area contributed by atoms with Crippen molar-refractivity contribution in [2.24, 2.45) is 0 Å². The Balaban J connectivity index is 1.76. The highest BCUT2D eigenvalue weighted by atomic mass is 16.5. The van der Waals surface area contributed by atoms with E-state index >= 15 is 0 Å². The number of hydrogen-bond acceptors (Lipinski definition) is 5. The summed E-state index contributed by atoms with van der Waals surface area (Å²) in [4.78, 5) is 26.9. The minimum Gasteiger partial charge on any atom is -0.463 e. The average molecular weight is 313 g/mol. The second-order valence-corrected chi connectivity index (χ2v) is 5.08. The maximum atomic E-state index is 12.2. The molecular formula is C16H15N3O4. The smallest absolute Gasteiger partial charge is 0.261 e. The number of nitrogens with one attached hydrogen (secondary N) is 2. The van der Waals surface area contributed by atoms with Gasteiger partial charge < -0.3 is 19.2 Å². The fourth-order valence-corrected chi connectivity index (χ4v) is 2.25. The van der Waals surface area contributed by atoms with Gasteiger partial charge >= 0.3 is 0 Å². The lowest BCUT2D eigenvalue weighted by atomic mass is 10.2. The Morgan fingerprint density at radius 2 is 2.13 bits per heavy atom. The molecule has 7 heteroatoms. The van der Waals surface area contributed by atoms with Crippen molar-refractivity contribution in [3.63, 3.8) is 0 Å². The van der Waals surface area contributed by atoms with Crippen molar-refractivity contribution in [1.29, 1.82) is 0 Å². The molecule has 2 N–H and O–H groups in total. The maximum Gasteiger partial charge on any atom is 0.261 e. The number of aromatic amines is 1. The minimum atomic E-state index is -0.477. The molecule has 0 bridgehead atoms. The monoisotopic (exact) mass is 313 g/mol. The lowest BCUT2D eigenvalue weighted by molar-refractivity contribution is 0.0949. The Hall–Kier alpha value is -3.09. The van der Waals surface area contributed by atoms with Crippen LogP contribution < -0.4 is 10.9 Å². The molecule has 0 fully saturated rings. The number of carbonyl (C=O) groups is 1. The van der Waals surface area contributed by atoms with E-state index in [-0.39, 0.29) is 12.1 Å². The minimum absolute atomic E-state index is 0.0343. The van der Waals surface area contributed by atoms with Gasteiger partial charge in [0.05, 0.1) is 17.7 Å². The number of pyridine rings is 1. The fourth-order valence-electron chi connectivity index (χ4n) is 2.25. The van der Waals surface area contributed by atoms with Crippen molar-refractivity contribution in [2.45, 2.75) is 20.4 Å². The molecule has 3 heterocycles. The van der Waals surface area contributed by atoms with E-state index in [0.29, 0.717) is 22.9 Å². The molecule has 1 amide bonds. The molecule has 0 aliphatic heterocycles. The molecule has 118 valence electrons. The molecule has 0 atom stereocenters. The van der Waals surface area contributed by atoms with E-state index in [1.54, 1.807) is 32.0 Å². The van der Waals surface area contributed by atoms with Crippen LogP contribution in [0.4, 0.5) is 0 Å². The zero-order chi connectivity index (χ0) is 16.4. The summed E-state index contributed by atoms with van der Waals surface area (Å²) in [6.07, 6.45) is 1.51. The number of amides is 1. The van der Waals surface area contributed by atoms with E-state index in [1.807, 2.05) is 0 Å². The molecule has 3 rings (SSSR count). The van der Waals surface area contributed by atoms with E-state index in [9.17, 15) is 9.59 Å². The van der Waals surface area contributed by atoms with E-state index in [2.05, 4.69) is 15.5 Å². The van der Waals surface area contributed by atoms with Crippen LogP contribution in [0.1, 0.15) is 27.4 Å². The third-order valence-electron chi connectivity index (χ3n) is 3.55. The van der Waals surface area contributed by atoms with E-state index < -0.39 is 11.5 Å². The number of rotatable bonds is 4. The van der Waals surface area contributed by atoms with Crippen molar-refractivity contribution in [3.8, 4) is 11.5 Å². The van der Waals surface area contributed by atoms with Crippen LogP contribution in [-0.4, -0.2) is 16.0 Å². The molecule has 0 unspecified atom stereocenters. The quantitative estimate of drug-likeness (QED) is 0.768. The van der Waals surface area contributed by atoms with Crippen LogP contribution in [0.2, 0.25) is 0 Å². The second kappa shape index (κ2) is 5.96. The van der Waals surface area contributed by atoms with Crippen LogP contribution in [0.25, 0.3) is 11.5 Å². The van der Waals surface area contributed by atoms with Gasteiger partial charge in [0, 0.05) is 12.1 Å². The van der Waals surface area contributed by atoms with Crippen molar-refractivity contribution < 1.29 is 13.7 Å². The normalized spacial score (nSPS) is 10.7. The molecule has 0 radical (unpaired) electrons. The van der Waals surface area contributed by atoms with Crippen LogP contribution in [0.3, 0.4) is 0 Å². The van der Waals surface area contributed by atoms with Crippen LogP contribution in [-0.2, 0) is 6.54 Å². The third-order valence-corrected chi connectivity index (χ3v) is 3.55. The van der Waals surface area contributed by atoms with Crippen LogP contribution >= 0.6 is 0 Å².